The van der Waals surface area contributed by atoms with Crippen molar-refractivity contribution >= 4 is 27.6 Å². The van der Waals surface area contributed by atoms with E-state index < -0.39 is 6.09 Å². The Labute approximate surface area is 103 Å². The van der Waals surface area contributed by atoms with Gasteiger partial charge >= 0.3 is 6.09 Å². The standard InChI is InChI=1S/C12H12BrNO2/c13-11-3-1-9(2-4-11)10-5-7-14(8-6-10)12(15)16/h1-5H,6-8H2,(H,15,16). The van der Waals surface area contributed by atoms with Crippen LogP contribution in [0.15, 0.2) is 34.8 Å². The number of hydrogen-bond donors (Lipinski definition) is 1. The molecule has 1 aromatic carbocycles. The number of rotatable bonds is 1. The second-order valence-electron chi connectivity index (χ2n) is 3.71. The van der Waals surface area contributed by atoms with Gasteiger partial charge in [0.1, 0.15) is 0 Å². The lowest BCUT2D eigenvalue weighted by molar-refractivity contribution is 0.150. The highest BCUT2D eigenvalue weighted by molar-refractivity contribution is 9.10. The van der Waals surface area contributed by atoms with Crippen LogP contribution in [-0.4, -0.2) is 29.2 Å². The fourth-order valence-corrected chi connectivity index (χ4v) is 2.03. The van der Waals surface area contributed by atoms with Crippen LogP contribution in [0.4, 0.5) is 4.79 Å². The molecule has 1 N–H and O–H groups in total. The van der Waals surface area contributed by atoms with E-state index >= 15 is 0 Å². The topological polar surface area (TPSA) is 40.5 Å². The van der Waals surface area contributed by atoms with E-state index in [1.807, 2.05) is 30.3 Å². The highest BCUT2D eigenvalue weighted by Crippen LogP contribution is 2.23. The van der Waals surface area contributed by atoms with E-state index in [-0.39, 0.29) is 0 Å². The third-order valence-electron chi connectivity index (χ3n) is 2.69. The molecule has 16 heavy (non-hydrogen) atoms. The molecule has 0 saturated carbocycles. The van der Waals surface area contributed by atoms with Crippen LogP contribution in [0.2, 0.25) is 0 Å². The Kier molecular flexibility index (Phi) is 3.29. The van der Waals surface area contributed by atoms with Crippen molar-refractivity contribution in [3.63, 3.8) is 0 Å². The fraction of sp³-hybridized carbons (Fsp3) is 0.250. The molecule has 0 atom stereocenters. The van der Waals surface area contributed by atoms with Gasteiger partial charge in [-0.25, -0.2) is 4.79 Å². The van der Waals surface area contributed by atoms with Gasteiger partial charge in [-0.1, -0.05) is 34.1 Å². The van der Waals surface area contributed by atoms with E-state index in [0.29, 0.717) is 13.1 Å². The van der Waals surface area contributed by atoms with Gasteiger partial charge in [-0.15, -0.1) is 0 Å². The Hall–Kier alpha value is -1.29. The smallest absolute Gasteiger partial charge is 0.407 e. The Morgan fingerprint density at radius 3 is 2.50 bits per heavy atom. The summed E-state index contributed by atoms with van der Waals surface area (Å²) in [5, 5.41) is 8.82. The quantitative estimate of drug-likeness (QED) is 0.859. The van der Waals surface area contributed by atoms with Crippen LogP contribution in [0, 0.1) is 0 Å². The first-order valence-electron chi connectivity index (χ1n) is 5.09. The van der Waals surface area contributed by atoms with Gasteiger partial charge in [-0.2, -0.15) is 0 Å². The van der Waals surface area contributed by atoms with Crippen LogP contribution in [0.5, 0.6) is 0 Å². The number of amides is 1. The molecular formula is C12H12BrNO2. The summed E-state index contributed by atoms with van der Waals surface area (Å²) in [6, 6.07) is 8.10. The van der Waals surface area contributed by atoms with Crippen LogP contribution < -0.4 is 0 Å². The van der Waals surface area contributed by atoms with Gasteiger partial charge in [-0.05, 0) is 29.7 Å². The van der Waals surface area contributed by atoms with Gasteiger partial charge in [0.05, 0.1) is 0 Å². The molecule has 0 fully saturated rings. The molecule has 3 nitrogen and oxygen atoms in total. The Balaban J connectivity index is 2.13. The van der Waals surface area contributed by atoms with E-state index in [1.54, 1.807) is 0 Å². The minimum Gasteiger partial charge on any atom is -0.465 e. The van der Waals surface area contributed by atoms with E-state index in [4.69, 9.17) is 5.11 Å². The van der Waals surface area contributed by atoms with Crippen molar-refractivity contribution in [1.82, 2.24) is 4.90 Å². The van der Waals surface area contributed by atoms with Gasteiger partial charge in [0.15, 0.2) is 0 Å². The van der Waals surface area contributed by atoms with Gasteiger partial charge < -0.3 is 10.0 Å². The third-order valence-corrected chi connectivity index (χ3v) is 3.22. The molecule has 4 heteroatoms. The first-order chi connectivity index (χ1) is 7.66. The number of benzene rings is 1. The van der Waals surface area contributed by atoms with Crippen molar-refractivity contribution in [3.8, 4) is 0 Å². The minimum absolute atomic E-state index is 0.487. The maximum absolute atomic E-state index is 10.7. The summed E-state index contributed by atoms with van der Waals surface area (Å²) in [6.45, 7) is 1.07. The maximum atomic E-state index is 10.7. The SMILES string of the molecule is O=C(O)N1CC=C(c2ccc(Br)cc2)CC1. The third kappa shape index (κ3) is 2.44. The van der Waals surface area contributed by atoms with Crippen molar-refractivity contribution < 1.29 is 9.90 Å². The van der Waals surface area contributed by atoms with Gasteiger partial charge in [-0.3, -0.25) is 0 Å². The molecule has 2 rings (SSSR count). The van der Waals surface area contributed by atoms with Crippen molar-refractivity contribution in [3.05, 3.63) is 40.4 Å². The Bertz CT molecular complexity index is 425. The van der Waals surface area contributed by atoms with E-state index in [2.05, 4.69) is 15.9 Å². The zero-order chi connectivity index (χ0) is 11.5. The zero-order valence-electron chi connectivity index (χ0n) is 8.69. The van der Waals surface area contributed by atoms with E-state index in [9.17, 15) is 4.79 Å². The van der Waals surface area contributed by atoms with E-state index in [1.165, 1.54) is 16.0 Å². The minimum atomic E-state index is -0.842. The summed E-state index contributed by atoms with van der Waals surface area (Å²) in [5.74, 6) is 0. The predicted octanol–water partition coefficient (Wildman–Crippen LogP) is 3.22. The maximum Gasteiger partial charge on any atom is 0.407 e. The number of carboxylic acid groups (broad SMARTS) is 1. The lowest BCUT2D eigenvalue weighted by Crippen LogP contribution is -2.33. The number of halogens is 1. The lowest BCUT2D eigenvalue weighted by Gasteiger charge is -2.23. The first-order valence-corrected chi connectivity index (χ1v) is 5.89. The molecule has 1 aromatic rings. The zero-order valence-corrected chi connectivity index (χ0v) is 10.3. The predicted molar refractivity (Wildman–Crippen MR) is 66.3 cm³/mol. The molecule has 0 unspecified atom stereocenters. The average Bonchev–Trinajstić information content (AvgIpc) is 2.30. The summed E-state index contributed by atoms with van der Waals surface area (Å²) in [6.07, 6.45) is 1.93. The number of nitrogens with zero attached hydrogens (tertiary/aromatic N) is 1. The monoisotopic (exact) mass is 281 g/mol. The lowest BCUT2D eigenvalue weighted by atomic mass is 10.00. The molecule has 1 heterocycles. The number of carbonyl (C=O) groups is 1. The molecule has 0 aliphatic carbocycles. The highest BCUT2D eigenvalue weighted by atomic mass is 79.9. The van der Waals surface area contributed by atoms with Crippen molar-refractivity contribution in [2.24, 2.45) is 0 Å². The normalized spacial score (nSPS) is 15.8. The summed E-state index contributed by atoms with van der Waals surface area (Å²) in [7, 11) is 0. The van der Waals surface area contributed by atoms with Crippen LogP contribution >= 0.6 is 15.9 Å². The highest BCUT2D eigenvalue weighted by Gasteiger charge is 2.16. The first kappa shape index (κ1) is 11.2. The second-order valence-corrected chi connectivity index (χ2v) is 4.63. The van der Waals surface area contributed by atoms with Gasteiger partial charge in [0.25, 0.3) is 0 Å². The molecule has 1 amide bonds. The molecule has 0 aromatic heterocycles. The molecule has 1 aliphatic rings. The second kappa shape index (κ2) is 4.70. The van der Waals surface area contributed by atoms with Crippen LogP contribution in [0.1, 0.15) is 12.0 Å². The Morgan fingerprint density at radius 2 is 2.00 bits per heavy atom. The van der Waals surface area contributed by atoms with Gasteiger partial charge in [0, 0.05) is 17.6 Å². The molecule has 0 spiro atoms. The van der Waals surface area contributed by atoms with Crippen molar-refractivity contribution in [1.29, 1.82) is 0 Å². The summed E-state index contributed by atoms with van der Waals surface area (Å²) in [4.78, 5) is 12.2. The Morgan fingerprint density at radius 1 is 1.31 bits per heavy atom. The number of hydrogen-bond acceptors (Lipinski definition) is 1. The average molecular weight is 282 g/mol. The van der Waals surface area contributed by atoms with Crippen LogP contribution in [-0.2, 0) is 0 Å². The summed E-state index contributed by atoms with van der Waals surface area (Å²) in [5.41, 5.74) is 2.40. The molecule has 0 radical (unpaired) electrons. The van der Waals surface area contributed by atoms with Crippen molar-refractivity contribution in [2.75, 3.05) is 13.1 Å². The summed E-state index contributed by atoms with van der Waals surface area (Å²) >= 11 is 3.39. The molecule has 1 aliphatic heterocycles. The van der Waals surface area contributed by atoms with Crippen LogP contribution in [0.25, 0.3) is 5.57 Å². The van der Waals surface area contributed by atoms with Gasteiger partial charge in [0.2, 0.25) is 0 Å². The largest absolute Gasteiger partial charge is 0.465 e. The molecule has 84 valence electrons. The molecular weight excluding hydrogens is 270 g/mol. The van der Waals surface area contributed by atoms with Crippen molar-refractivity contribution in [2.45, 2.75) is 6.42 Å². The molecule has 0 bridgehead atoms. The summed E-state index contributed by atoms with van der Waals surface area (Å²) < 4.78 is 1.06. The molecule has 0 saturated heterocycles. The van der Waals surface area contributed by atoms with E-state index in [0.717, 1.165) is 10.9 Å². The fourth-order valence-electron chi connectivity index (χ4n) is 1.77. The van der Waals surface area contributed by atoms with Crippen LogP contribution in [0.3, 0.4) is 0 Å².